The van der Waals surface area contributed by atoms with E-state index in [-0.39, 0.29) is 17.4 Å². The lowest BCUT2D eigenvalue weighted by Crippen LogP contribution is -2.38. The van der Waals surface area contributed by atoms with Crippen LogP contribution < -0.4 is 5.69 Å². The molecule has 0 fully saturated rings. The Balaban J connectivity index is 1.57. The van der Waals surface area contributed by atoms with E-state index in [9.17, 15) is 14.0 Å². The molecule has 7 heteroatoms. The lowest BCUT2D eigenvalue weighted by molar-refractivity contribution is 0.0734. The number of hydrogen-bond donors (Lipinski definition) is 1. The largest absolute Gasteiger partial charge is 0.334 e. The van der Waals surface area contributed by atoms with Crippen molar-refractivity contribution in [2.75, 3.05) is 6.54 Å². The number of rotatable bonds is 2. The first-order chi connectivity index (χ1) is 14.1. The molecular weight excluding hydrogens is 371 g/mol. The maximum absolute atomic E-state index is 13.2. The first-order valence-electron chi connectivity index (χ1n) is 9.33. The molecule has 2 aromatic heterocycles. The van der Waals surface area contributed by atoms with Crippen molar-refractivity contribution >= 4 is 11.6 Å². The highest BCUT2D eigenvalue weighted by molar-refractivity contribution is 5.94. The van der Waals surface area contributed by atoms with Crippen LogP contribution >= 0.6 is 0 Å². The van der Waals surface area contributed by atoms with E-state index in [1.807, 2.05) is 18.2 Å². The predicted molar refractivity (Wildman–Crippen MR) is 106 cm³/mol. The third kappa shape index (κ3) is 3.00. The van der Waals surface area contributed by atoms with Crippen LogP contribution in [0.15, 0.2) is 65.6 Å². The summed E-state index contributed by atoms with van der Waals surface area (Å²) in [6, 6.07) is 15.1. The molecule has 29 heavy (non-hydrogen) atoms. The van der Waals surface area contributed by atoms with Crippen LogP contribution in [0, 0.1) is 5.82 Å². The molecule has 1 aliphatic heterocycles. The predicted octanol–water partition coefficient (Wildman–Crippen LogP) is 3.03. The van der Waals surface area contributed by atoms with Crippen LogP contribution in [0.5, 0.6) is 0 Å². The van der Waals surface area contributed by atoms with Crippen LogP contribution in [-0.2, 0) is 13.0 Å². The van der Waals surface area contributed by atoms with Crippen molar-refractivity contribution in [2.45, 2.75) is 13.0 Å². The summed E-state index contributed by atoms with van der Waals surface area (Å²) in [5.41, 5.74) is 3.80. The maximum Gasteiger partial charge on any atom is 0.331 e. The molecule has 0 saturated carbocycles. The molecule has 0 radical (unpaired) electrons. The molecule has 0 atom stereocenters. The van der Waals surface area contributed by atoms with E-state index in [1.165, 1.54) is 16.5 Å². The fourth-order valence-electron chi connectivity index (χ4n) is 3.74. The third-order valence-corrected chi connectivity index (χ3v) is 5.25. The summed E-state index contributed by atoms with van der Waals surface area (Å²) < 4.78 is 14.7. The minimum absolute atomic E-state index is 0.0501. The molecular formula is C22H17FN4O2. The first kappa shape index (κ1) is 17.4. The summed E-state index contributed by atoms with van der Waals surface area (Å²) in [7, 11) is 0. The number of nitrogens with zero attached hydrogens (tertiary/aromatic N) is 3. The number of amides is 1. The van der Waals surface area contributed by atoms with Gasteiger partial charge in [-0.05, 0) is 36.4 Å². The molecule has 1 aliphatic rings. The molecule has 3 heterocycles. The second-order valence-electron chi connectivity index (χ2n) is 7.06. The molecule has 1 N–H and O–H groups in total. The Kier molecular flexibility index (Phi) is 4.01. The van der Waals surface area contributed by atoms with Crippen molar-refractivity contribution in [3.8, 4) is 11.3 Å². The van der Waals surface area contributed by atoms with Crippen molar-refractivity contribution in [2.24, 2.45) is 0 Å². The van der Waals surface area contributed by atoms with Gasteiger partial charge in [0.25, 0.3) is 5.91 Å². The fraction of sp³-hybridized carbons (Fsp3) is 0.136. The number of aromatic amines is 1. The van der Waals surface area contributed by atoms with E-state index < -0.39 is 0 Å². The van der Waals surface area contributed by atoms with E-state index in [0.29, 0.717) is 36.4 Å². The molecule has 0 bridgehead atoms. The Morgan fingerprint density at radius 3 is 2.59 bits per heavy atom. The fourth-order valence-corrected chi connectivity index (χ4v) is 3.74. The van der Waals surface area contributed by atoms with Gasteiger partial charge in [-0.3, -0.25) is 9.20 Å². The molecule has 1 amide bonds. The number of hydrogen-bond acceptors (Lipinski definition) is 3. The van der Waals surface area contributed by atoms with Gasteiger partial charge >= 0.3 is 5.69 Å². The highest BCUT2D eigenvalue weighted by Gasteiger charge is 2.26. The maximum atomic E-state index is 13.2. The third-order valence-electron chi connectivity index (χ3n) is 5.25. The van der Waals surface area contributed by atoms with Gasteiger partial charge in [-0.2, -0.15) is 0 Å². The smallest absolute Gasteiger partial charge is 0.331 e. The lowest BCUT2D eigenvalue weighted by Gasteiger charge is -2.28. The zero-order chi connectivity index (χ0) is 20.0. The molecule has 5 rings (SSSR count). The molecule has 144 valence electrons. The van der Waals surface area contributed by atoms with Gasteiger partial charge in [0, 0.05) is 41.5 Å². The van der Waals surface area contributed by atoms with E-state index in [1.54, 1.807) is 35.4 Å². The standard InChI is InChI=1S/C22H17FN4O2/c23-16-8-6-14(7-9-16)19-13-27-20(24-19)17-12-26(11-10-18(17)25-22(27)29)21(28)15-4-2-1-3-5-15/h1-9,13H,10-12H2,(H,25,29). The number of carbonyl (C=O) groups excluding carboxylic acids is 1. The topological polar surface area (TPSA) is 70.5 Å². The second-order valence-corrected chi connectivity index (χ2v) is 7.06. The van der Waals surface area contributed by atoms with Gasteiger partial charge in [0.1, 0.15) is 11.5 Å². The van der Waals surface area contributed by atoms with Gasteiger partial charge < -0.3 is 9.88 Å². The molecule has 0 aliphatic carbocycles. The lowest BCUT2D eigenvalue weighted by atomic mass is 10.1. The van der Waals surface area contributed by atoms with Gasteiger partial charge in [-0.15, -0.1) is 0 Å². The number of aromatic nitrogens is 3. The summed E-state index contributed by atoms with van der Waals surface area (Å²) in [5.74, 6) is -0.381. The molecule has 6 nitrogen and oxygen atoms in total. The van der Waals surface area contributed by atoms with E-state index in [0.717, 1.165) is 16.8 Å². The Hall–Kier alpha value is -3.74. The molecule has 2 aromatic carbocycles. The summed E-state index contributed by atoms with van der Waals surface area (Å²) in [6.45, 7) is 0.890. The van der Waals surface area contributed by atoms with Crippen LogP contribution in [-0.4, -0.2) is 31.7 Å². The molecule has 0 spiro atoms. The average Bonchev–Trinajstić information content (AvgIpc) is 3.21. The van der Waals surface area contributed by atoms with Crippen molar-refractivity contribution < 1.29 is 9.18 Å². The highest BCUT2D eigenvalue weighted by Crippen LogP contribution is 2.25. The van der Waals surface area contributed by atoms with Crippen LogP contribution in [0.25, 0.3) is 16.9 Å². The Morgan fingerprint density at radius 1 is 1.07 bits per heavy atom. The van der Waals surface area contributed by atoms with Crippen LogP contribution in [0.3, 0.4) is 0 Å². The van der Waals surface area contributed by atoms with Crippen LogP contribution in [0.2, 0.25) is 0 Å². The molecule has 4 aromatic rings. The van der Waals surface area contributed by atoms with Crippen molar-refractivity contribution in [1.29, 1.82) is 0 Å². The van der Waals surface area contributed by atoms with Gasteiger partial charge in [-0.1, -0.05) is 18.2 Å². The molecule has 0 unspecified atom stereocenters. The van der Waals surface area contributed by atoms with Crippen LogP contribution in [0.1, 0.15) is 21.6 Å². The normalized spacial score (nSPS) is 13.5. The summed E-state index contributed by atoms with van der Waals surface area (Å²) in [4.78, 5) is 34.7. The summed E-state index contributed by atoms with van der Waals surface area (Å²) in [6.07, 6.45) is 2.19. The minimum Gasteiger partial charge on any atom is -0.334 e. The molecule has 0 saturated heterocycles. The van der Waals surface area contributed by atoms with E-state index in [4.69, 9.17) is 0 Å². The number of carbonyl (C=O) groups is 1. The number of halogens is 1. The number of benzene rings is 2. The van der Waals surface area contributed by atoms with Crippen LogP contribution in [0.4, 0.5) is 4.39 Å². The first-order valence-corrected chi connectivity index (χ1v) is 9.33. The minimum atomic E-state index is -0.331. The number of H-pyrrole nitrogens is 1. The van der Waals surface area contributed by atoms with Crippen molar-refractivity contribution in [3.63, 3.8) is 0 Å². The average molecular weight is 388 g/mol. The van der Waals surface area contributed by atoms with Gasteiger partial charge in [0.05, 0.1) is 12.2 Å². The monoisotopic (exact) mass is 388 g/mol. The van der Waals surface area contributed by atoms with Gasteiger partial charge in [0.2, 0.25) is 0 Å². The Bertz CT molecular complexity index is 1280. The quantitative estimate of drug-likeness (QED) is 0.574. The Labute approximate surface area is 165 Å². The highest BCUT2D eigenvalue weighted by atomic mass is 19.1. The van der Waals surface area contributed by atoms with Crippen molar-refractivity contribution in [3.05, 3.63) is 93.9 Å². The van der Waals surface area contributed by atoms with E-state index >= 15 is 0 Å². The number of nitrogens with one attached hydrogen (secondary N) is 1. The van der Waals surface area contributed by atoms with Crippen molar-refractivity contribution in [1.82, 2.24) is 19.3 Å². The SMILES string of the molecule is O=C(c1ccccc1)N1CCc2[nH]c(=O)n3cc(-c4ccc(F)cc4)nc3c2C1. The summed E-state index contributed by atoms with van der Waals surface area (Å²) >= 11 is 0. The zero-order valence-corrected chi connectivity index (χ0v) is 15.4. The van der Waals surface area contributed by atoms with Gasteiger partial charge in [0.15, 0.2) is 0 Å². The number of fused-ring (bicyclic) bond motifs is 3. The van der Waals surface area contributed by atoms with Gasteiger partial charge in [-0.25, -0.2) is 14.2 Å². The Morgan fingerprint density at radius 2 is 1.83 bits per heavy atom. The zero-order valence-electron chi connectivity index (χ0n) is 15.4. The van der Waals surface area contributed by atoms with E-state index in [2.05, 4.69) is 9.97 Å². The number of imidazole rings is 1. The second kappa shape index (κ2) is 6.70. The summed E-state index contributed by atoms with van der Waals surface area (Å²) in [5, 5.41) is 0.